The number of hydrogen-bond acceptors (Lipinski definition) is 7. The van der Waals surface area contributed by atoms with Crippen molar-refractivity contribution >= 4 is 52.2 Å². The van der Waals surface area contributed by atoms with Crippen LogP contribution in [-0.4, -0.2) is 39.6 Å². The van der Waals surface area contributed by atoms with Gasteiger partial charge in [0.15, 0.2) is 0 Å². The van der Waals surface area contributed by atoms with Crippen molar-refractivity contribution in [2.45, 2.75) is 19.9 Å². The van der Waals surface area contributed by atoms with Crippen molar-refractivity contribution in [1.82, 2.24) is 4.90 Å². The molecule has 1 aromatic rings. The van der Waals surface area contributed by atoms with Crippen molar-refractivity contribution in [3.8, 4) is 0 Å². The molecule has 1 aromatic carbocycles. The summed E-state index contributed by atoms with van der Waals surface area (Å²) in [6.45, 7) is 3.14. The molecule has 0 unspecified atom stereocenters. The molecule has 1 atom stereocenters. The maximum atomic E-state index is 12.4. The SMILES string of the molecule is CCOC(=O)[C@H](C)N1C(=O)S/C(=C/c2ccc(Cl)c([N+](=O)[O-])c2)C1=O. The Bertz CT molecular complexity index is 794. The fourth-order valence-electron chi connectivity index (χ4n) is 2.09. The molecule has 0 saturated carbocycles. The Morgan fingerprint density at radius 1 is 1.48 bits per heavy atom. The van der Waals surface area contributed by atoms with E-state index in [4.69, 9.17) is 16.3 Å². The molecule has 1 heterocycles. The van der Waals surface area contributed by atoms with Gasteiger partial charge in [0, 0.05) is 6.07 Å². The lowest BCUT2D eigenvalue weighted by Crippen LogP contribution is -2.42. The monoisotopic (exact) mass is 384 g/mol. The highest BCUT2D eigenvalue weighted by molar-refractivity contribution is 8.18. The lowest BCUT2D eigenvalue weighted by Gasteiger charge is -2.19. The third kappa shape index (κ3) is 3.99. The molecule has 0 aromatic heterocycles. The van der Waals surface area contributed by atoms with Crippen LogP contribution in [0.5, 0.6) is 0 Å². The minimum absolute atomic E-state index is 0.0359. The number of imide groups is 1. The van der Waals surface area contributed by atoms with Crippen molar-refractivity contribution in [1.29, 1.82) is 0 Å². The van der Waals surface area contributed by atoms with Gasteiger partial charge >= 0.3 is 5.97 Å². The number of nitro groups is 1. The number of amides is 2. The van der Waals surface area contributed by atoms with Crippen molar-refractivity contribution in [3.63, 3.8) is 0 Å². The number of nitro benzene ring substituents is 1. The molecule has 10 heteroatoms. The minimum atomic E-state index is -1.06. The van der Waals surface area contributed by atoms with Gasteiger partial charge in [-0.25, -0.2) is 4.79 Å². The van der Waals surface area contributed by atoms with Crippen LogP contribution in [0.1, 0.15) is 19.4 Å². The van der Waals surface area contributed by atoms with Crippen LogP contribution in [-0.2, 0) is 14.3 Å². The van der Waals surface area contributed by atoms with Crippen LogP contribution in [0.4, 0.5) is 10.5 Å². The predicted molar refractivity (Wildman–Crippen MR) is 92.0 cm³/mol. The summed E-state index contributed by atoms with van der Waals surface area (Å²) in [6.07, 6.45) is 1.34. The van der Waals surface area contributed by atoms with Crippen LogP contribution >= 0.6 is 23.4 Å². The molecule has 0 aliphatic carbocycles. The summed E-state index contributed by atoms with van der Waals surface area (Å²) in [5.41, 5.74) is 0.0277. The van der Waals surface area contributed by atoms with Crippen LogP contribution in [0, 0.1) is 10.1 Å². The molecule has 1 aliphatic rings. The smallest absolute Gasteiger partial charge is 0.329 e. The van der Waals surface area contributed by atoms with Crippen LogP contribution in [0.2, 0.25) is 5.02 Å². The second-order valence-electron chi connectivity index (χ2n) is 4.95. The van der Waals surface area contributed by atoms with Gasteiger partial charge in [0.05, 0.1) is 16.4 Å². The number of nitrogens with zero attached hydrogens (tertiary/aromatic N) is 2. The van der Waals surface area contributed by atoms with E-state index in [1.54, 1.807) is 6.92 Å². The van der Waals surface area contributed by atoms with E-state index >= 15 is 0 Å². The largest absolute Gasteiger partial charge is 0.464 e. The van der Waals surface area contributed by atoms with Gasteiger partial charge in [-0.05, 0) is 43.3 Å². The lowest BCUT2D eigenvalue weighted by molar-refractivity contribution is -0.384. The number of esters is 1. The van der Waals surface area contributed by atoms with Crippen molar-refractivity contribution in [2.75, 3.05) is 6.61 Å². The molecule has 8 nitrogen and oxygen atoms in total. The van der Waals surface area contributed by atoms with E-state index in [2.05, 4.69) is 0 Å². The van der Waals surface area contributed by atoms with E-state index < -0.39 is 28.1 Å². The summed E-state index contributed by atoms with van der Waals surface area (Å²) < 4.78 is 4.82. The van der Waals surface area contributed by atoms with E-state index in [9.17, 15) is 24.5 Å². The van der Waals surface area contributed by atoms with Crippen LogP contribution in [0.3, 0.4) is 0 Å². The Hall–Kier alpha value is -2.39. The molecule has 2 amide bonds. The van der Waals surface area contributed by atoms with E-state index in [1.807, 2.05) is 0 Å². The Morgan fingerprint density at radius 3 is 2.76 bits per heavy atom. The summed E-state index contributed by atoms with van der Waals surface area (Å²) in [6, 6.07) is 2.96. The molecule has 132 valence electrons. The maximum Gasteiger partial charge on any atom is 0.329 e. The van der Waals surface area contributed by atoms with Gasteiger partial charge < -0.3 is 4.74 Å². The lowest BCUT2D eigenvalue weighted by atomic mass is 10.2. The van der Waals surface area contributed by atoms with Crippen LogP contribution in [0.25, 0.3) is 6.08 Å². The predicted octanol–water partition coefficient (Wildman–Crippen LogP) is 3.24. The highest BCUT2D eigenvalue weighted by Gasteiger charge is 2.41. The number of rotatable bonds is 5. The maximum absolute atomic E-state index is 12.4. The number of hydrogen-bond donors (Lipinski definition) is 0. The van der Waals surface area contributed by atoms with E-state index in [-0.39, 0.29) is 22.2 Å². The molecular weight excluding hydrogens is 372 g/mol. The number of halogens is 1. The van der Waals surface area contributed by atoms with Crippen molar-refractivity contribution in [2.24, 2.45) is 0 Å². The number of carbonyl (C=O) groups is 3. The first-order valence-electron chi connectivity index (χ1n) is 7.14. The number of ether oxygens (including phenoxy) is 1. The molecular formula is C15H13ClN2O6S. The van der Waals surface area contributed by atoms with Gasteiger partial charge in [0.2, 0.25) is 0 Å². The van der Waals surface area contributed by atoms with Gasteiger partial charge in [-0.2, -0.15) is 0 Å². The molecule has 25 heavy (non-hydrogen) atoms. The standard InChI is InChI=1S/C15H13ClN2O6S/c1-3-24-14(20)8(2)17-13(19)12(25-15(17)21)7-9-4-5-10(16)11(6-9)18(22)23/h4-8H,3H2,1-2H3/b12-7+/t8-/m0/s1. The highest BCUT2D eigenvalue weighted by atomic mass is 35.5. The van der Waals surface area contributed by atoms with Crippen molar-refractivity contribution < 1.29 is 24.0 Å². The van der Waals surface area contributed by atoms with Gasteiger partial charge in [-0.1, -0.05) is 17.7 Å². The third-order valence-corrected chi connectivity index (χ3v) is 4.51. The topological polar surface area (TPSA) is 107 Å². The normalized spacial score (nSPS) is 17.1. The third-order valence-electron chi connectivity index (χ3n) is 3.30. The zero-order valence-electron chi connectivity index (χ0n) is 13.2. The Morgan fingerprint density at radius 2 is 2.16 bits per heavy atom. The van der Waals surface area contributed by atoms with Gasteiger partial charge in [0.25, 0.3) is 16.8 Å². The molecule has 0 N–H and O–H groups in total. The second-order valence-corrected chi connectivity index (χ2v) is 6.35. The average Bonchev–Trinajstić information content (AvgIpc) is 2.82. The Labute approximate surface area is 151 Å². The number of carbonyl (C=O) groups excluding carboxylic acids is 3. The summed E-state index contributed by atoms with van der Waals surface area (Å²) >= 11 is 6.39. The Balaban J connectivity index is 2.30. The zero-order valence-corrected chi connectivity index (χ0v) is 14.8. The summed E-state index contributed by atoms with van der Waals surface area (Å²) in [5.74, 6) is -1.35. The zero-order chi connectivity index (χ0) is 18.7. The molecule has 0 radical (unpaired) electrons. The number of thioether (sulfide) groups is 1. The Kier molecular flexibility index (Phi) is 5.81. The first-order valence-corrected chi connectivity index (χ1v) is 8.33. The minimum Gasteiger partial charge on any atom is -0.464 e. The van der Waals surface area contributed by atoms with Gasteiger partial charge in [-0.3, -0.25) is 24.6 Å². The highest BCUT2D eigenvalue weighted by Crippen LogP contribution is 2.35. The van der Waals surface area contributed by atoms with Crippen LogP contribution < -0.4 is 0 Å². The molecule has 0 spiro atoms. The summed E-state index contributed by atoms with van der Waals surface area (Å²) in [7, 11) is 0. The first-order chi connectivity index (χ1) is 11.8. The van der Waals surface area contributed by atoms with E-state index in [0.717, 1.165) is 4.90 Å². The number of benzene rings is 1. The molecule has 2 rings (SSSR count). The van der Waals surface area contributed by atoms with Gasteiger partial charge in [-0.15, -0.1) is 0 Å². The van der Waals surface area contributed by atoms with Crippen molar-refractivity contribution in [3.05, 3.63) is 43.8 Å². The fraction of sp³-hybridized carbons (Fsp3) is 0.267. The average molecular weight is 385 g/mol. The van der Waals surface area contributed by atoms with E-state index in [0.29, 0.717) is 17.3 Å². The van der Waals surface area contributed by atoms with Gasteiger partial charge in [0.1, 0.15) is 11.1 Å². The second kappa shape index (κ2) is 7.66. The fourth-order valence-corrected chi connectivity index (χ4v) is 3.19. The summed E-state index contributed by atoms with van der Waals surface area (Å²) in [4.78, 5) is 47.3. The molecule has 1 aliphatic heterocycles. The molecule has 1 fully saturated rings. The molecule has 1 saturated heterocycles. The molecule has 0 bridgehead atoms. The van der Waals surface area contributed by atoms with Crippen LogP contribution in [0.15, 0.2) is 23.1 Å². The quantitative estimate of drug-likeness (QED) is 0.332. The first kappa shape index (κ1) is 18.9. The van der Waals surface area contributed by atoms with E-state index in [1.165, 1.54) is 31.2 Å². The summed E-state index contributed by atoms with van der Waals surface area (Å²) in [5, 5.41) is 10.3.